The Morgan fingerprint density at radius 2 is 1.81 bits per heavy atom. The highest BCUT2D eigenvalue weighted by atomic mass is 35.5. The summed E-state index contributed by atoms with van der Waals surface area (Å²) in [7, 11) is 0. The van der Waals surface area contributed by atoms with Crippen molar-refractivity contribution in [1.29, 1.82) is 0 Å². The molecule has 0 aliphatic heterocycles. The van der Waals surface area contributed by atoms with E-state index in [1.165, 1.54) is 12.1 Å². The Kier molecular flexibility index (Phi) is 7.06. The fourth-order valence-electron chi connectivity index (χ4n) is 2.56. The van der Waals surface area contributed by atoms with Gasteiger partial charge in [-0.25, -0.2) is 4.79 Å². The predicted molar refractivity (Wildman–Crippen MR) is 101 cm³/mol. The van der Waals surface area contributed by atoms with Crippen molar-refractivity contribution in [3.63, 3.8) is 0 Å². The quantitative estimate of drug-likeness (QED) is 0.229. The maximum absolute atomic E-state index is 11.3. The summed E-state index contributed by atoms with van der Waals surface area (Å²) in [5.41, 5.74) is 1.70. The van der Waals surface area contributed by atoms with Crippen molar-refractivity contribution in [2.75, 3.05) is 29.7 Å². The van der Waals surface area contributed by atoms with Crippen molar-refractivity contribution in [3.05, 3.63) is 52.6 Å². The molecule has 0 saturated heterocycles. The van der Waals surface area contributed by atoms with Gasteiger partial charge in [-0.05, 0) is 17.7 Å². The Balaban J connectivity index is 2.53. The molecule has 0 aliphatic carbocycles. The molecule has 138 valence electrons. The molecule has 0 saturated carbocycles. The minimum Gasteiger partial charge on any atom is -0.449 e. The first-order chi connectivity index (χ1) is 12.5. The second-order valence-corrected chi connectivity index (χ2v) is 5.95. The van der Waals surface area contributed by atoms with Gasteiger partial charge in [0.2, 0.25) is 5.75 Å². The zero-order chi connectivity index (χ0) is 19.1. The van der Waals surface area contributed by atoms with E-state index in [1.807, 2.05) is 29.2 Å². The van der Waals surface area contributed by atoms with Crippen LogP contribution in [0.4, 0.5) is 16.2 Å². The number of hydrogen-bond acceptors (Lipinski definition) is 5. The lowest BCUT2D eigenvalue weighted by Crippen LogP contribution is -2.28. The second kappa shape index (κ2) is 9.26. The smallest absolute Gasteiger partial charge is 0.449 e. The highest BCUT2D eigenvalue weighted by Crippen LogP contribution is 2.36. The molecular formula is C17H16Cl2N2O5. The Morgan fingerprint density at radius 3 is 2.38 bits per heavy atom. The number of carbonyl (C=O) groups is 1. The van der Waals surface area contributed by atoms with Gasteiger partial charge in [0.15, 0.2) is 0 Å². The fourth-order valence-corrected chi connectivity index (χ4v) is 2.97. The molecular weight excluding hydrogens is 383 g/mol. The Morgan fingerprint density at radius 1 is 1.15 bits per heavy atom. The van der Waals surface area contributed by atoms with Crippen LogP contribution in [0.5, 0.6) is 5.75 Å². The van der Waals surface area contributed by atoms with Gasteiger partial charge in [-0.2, -0.15) is 0 Å². The van der Waals surface area contributed by atoms with Gasteiger partial charge in [0.1, 0.15) is 0 Å². The molecule has 0 radical (unpaired) electrons. The van der Waals surface area contributed by atoms with E-state index < -0.39 is 16.8 Å². The molecule has 0 spiro atoms. The minimum atomic E-state index is -1.61. The summed E-state index contributed by atoms with van der Waals surface area (Å²) in [6.45, 7) is 1.13. The van der Waals surface area contributed by atoms with Crippen molar-refractivity contribution < 1.29 is 19.6 Å². The molecule has 7 nitrogen and oxygen atoms in total. The van der Waals surface area contributed by atoms with Crippen molar-refractivity contribution in [1.82, 2.24) is 0 Å². The van der Waals surface area contributed by atoms with Gasteiger partial charge in [-0.3, -0.25) is 10.1 Å². The number of benzene rings is 2. The van der Waals surface area contributed by atoms with Crippen LogP contribution in [0.15, 0.2) is 42.5 Å². The van der Waals surface area contributed by atoms with Crippen LogP contribution in [-0.2, 0) is 0 Å². The number of hydrogen-bond donors (Lipinski definition) is 1. The molecule has 0 aliphatic rings. The van der Waals surface area contributed by atoms with Gasteiger partial charge < -0.3 is 14.7 Å². The third kappa shape index (κ3) is 4.77. The second-order valence-electron chi connectivity index (χ2n) is 5.19. The fraction of sp³-hybridized carbons (Fsp3) is 0.235. The number of anilines is 1. The monoisotopic (exact) mass is 398 g/mol. The van der Waals surface area contributed by atoms with Crippen LogP contribution in [0.3, 0.4) is 0 Å². The summed E-state index contributed by atoms with van der Waals surface area (Å²) < 4.78 is 4.48. The van der Waals surface area contributed by atoms with E-state index in [1.54, 1.807) is 6.07 Å². The third-order valence-electron chi connectivity index (χ3n) is 3.62. The predicted octanol–water partition coefficient (Wildman–Crippen LogP) is 4.60. The number of nitrogens with zero attached hydrogens (tertiary/aromatic N) is 2. The van der Waals surface area contributed by atoms with Crippen LogP contribution >= 0.6 is 23.2 Å². The highest BCUT2D eigenvalue weighted by molar-refractivity contribution is 6.18. The molecule has 0 aromatic heterocycles. The van der Waals surface area contributed by atoms with Gasteiger partial charge in [-0.1, -0.05) is 24.3 Å². The van der Waals surface area contributed by atoms with E-state index >= 15 is 0 Å². The summed E-state index contributed by atoms with van der Waals surface area (Å²) >= 11 is 11.7. The molecule has 2 aromatic carbocycles. The van der Waals surface area contributed by atoms with Gasteiger partial charge >= 0.3 is 11.8 Å². The lowest BCUT2D eigenvalue weighted by atomic mass is 10.0. The van der Waals surface area contributed by atoms with E-state index in [4.69, 9.17) is 28.3 Å². The number of ether oxygens (including phenoxy) is 1. The minimum absolute atomic E-state index is 0.331. The van der Waals surface area contributed by atoms with Crippen molar-refractivity contribution in [3.8, 4) is 16.9 Å². The third-order valence-corrected chi connectivity index (χ3v) is 3.96. The normalized spacial score (nSPS) is 10.4. The molecule has 0 amide bonds. The first kappa shape index (κ1) is 19.8. The standard InChI is InChI=1S/C17H16Cl2N2O5/c18-7-9-20(10-8-19)14-4-2-1-3-13(14)12-5-6-16(26-17(22)23)15(11-12)21(24)25/h1-6,11H,7-10H2,(H,22,23). The van der Waals surface area contributed by atoms with Gasteiger partial charge in [-0.15, -0.1) is 23.2 Å². The number of alkyl halides is 2. The van der Waals surface area contributed by atoms with Crippen LogP contribution in [-0.4, -0.2) is 41.0 Å². The summed E-state index contributed by atoms with van der Waals surface area (Å²) in [6, 6.07) is 11.5. The highest BCUT2D eigenvalue weighted by Gasteiger charge is 2.20. The molecule has 0 unspecified atom stereocenters. The SMILES string of the molecule is O=C(O)Oc1ccc(-c2ccccc2N(CCCl)CCCl)cc1[N+](=O)[O-]. The van der Waals surface area contributed by atoms with Gasteiger partial charge in [0, 0.05) is 42.2 Å². The first-order valence-corrected chi connectivity index (χ1v) is 8.70. The van der Waals surface area contributed by atoms with Crippen LogP contribution < -0.4 is 9.64 Å². The lowest BCUT2D eigenvalue weighted by molar-refractivity contribution is -0.385. The van der Waals surface area contributed by atoms with E-state index in [0.29, 0.717) is 30.4 Å². The number of halogens is 2. The molecule has 26 heavy (non-hydrogen) atoms. The zero-order valence-electron chi connectivity index (χ0n) is 13.6. The van der Waals surface area contributed by atoms with Crippen LogP contribution in [0.25, 0.3) is 11.1 Å². The largest absolute Gasteiger partial charge is 0.511 e. The molecule has 1 N–H and O–H groups in total. The summed E-state index contributed by atoms with van der Waals surface area (Å²) in [6.07, 6.45) is -1.61. The maximum Gasteiger partial charge on any atom is 0.511 e. The van der Waals surface area contributed by atoms with Crippen molar-refractivity contribution in [2.45, 2.75) is 0 Å². The van der Waals surface area contributed by atoms with Crippen LogP contribution in [0.1, 0.15) is 0 Å². The number of carboxylic acid groups (broad SMARTS) is 1. The lowest BCUT2D eigenvalue weighted by Gasteiger charge is -2.25. The van der Waals surface area contributed by atoms with Crippen LogP contribution in [0, 0.1) is 10.1 Å². The number of nitro benzene ring substituents is 1. The zero-order valence-corrected chi connectivity index (χ0v) is 15.1. The van der Waals surface area contributed by atoms with E-state index in [0.717, 1.165) is 11.3 Å². The Bertz CT molecular complexity index is 794. The van der Waals surface area contributed by atoms with Gasteiger partial charge in [0.05, 0.1) is 4.92 Å². The van der Waals surface area contributed by atoms with E-state index in [-0.39, 0.29) is 5.75 Å². The summed E-state index contributed by atoms with van der Waals surface area (Å²) in [4.78, 5) is 23.3. The molecule has 2 rings (SSSR count). The van der Waals surface area contributed by atoms with Crippen molar-refractivity contribution >= 4 is 40.7 Å². The summed E-state index contributed by atoms with van der Waals surface area (Å²) in [5, 5.41) is 20.0. The molecule has 0 heterocycles. The maximum atomic E-state index is 11.3. The summed E-state index contributed by atoms with van der Waals surface area (Å²) in [5.74, 6) is 0.468. The van der Waals surface area contributed by atoms with Crippen LogP contribution in [0.2, 0.25) is 0 Å². The van der Waals surface area contributed by atoms with Gasteiger partial charge in [0.25, 0.3) is 0 Å². The Labute approximate surface area is 159 Å². The molecule has 2 aromatic rings. The number of para-hydroxylation sites is 1. The topological polar surface area (TPSA) is 92.9 Å². The van der Waals surface area contributed by atoms with E-state index in [9.17, 15) is 14.9 Å². The average molecular weight is 399 g/mol. The Hall–Kier alpha value is -2.51. The average Bonchev–Trinajstić information content (AvgIpc) is 2.61. The molecule has 0 bridgehead atoms. The number of nitro groups is 1. The number of rotatable bonds is 8. The molecule has 9 heteroatoms. The molecule has 0 fully saturated rings. The van der Waals surface area contributed by atoms with E-state index in [2.05, 4.69) is 4.74 Å². The molecule has 0 atom stereocenters. The first-order valence-electron chi connectivity index (χ1n) is 7.63. The van der Waals surface area contributed by atoms with Crippen molar-refractivity contribution in [2.24, 2.45) is 0 Å².